The Labute approximate surface area is 136 Å². The Bertz CT molecular complexity index is 717. The summed E-state index contributed by atoms with van der Waals surface area (Å²) in [5.41, 5.74) is 3.45. The zero-order chi connectivity index (χ0) is 16.1. The number of ether oxygens (including phenoxy) is 1. The molecule has 1 heterocycles. The first-order valence-corrected chi connectivity index (χ1v) is 7.61. The van der Waals surface area contributed by atoms with Crippen molar-refractivity contribution in [3.63, 3.8) is 0 Å². The zero-order valence-corrected chi connectivity index (χ0v) is 12.8. The van der Waals surface area contributed by atoms with Gasteiger partial charge in [0.15, 0.2) is 0 Å². The van der Waals surface area contributed by atoms with Crippen molar-refractivity contribution in [3.8, 4) is 11.1 Å². The molecule has 2 atom stereocenters. The van der Waals surface area contributed by atoms with Crippen LogP contribution in [0.25, 0.3) is 17.2 Å². The smallest absolute Gasteiger partial charge is 0.209 e. The monoisotopic (exact) mass is 305 g/mol. The van der Waals surface area contributed by atoms with E-state index in [1.165, 1.54) is 11.1 Å². The fourth-order valence-corrected chi connectivity index (χ4v) is 2.50. The van der Waals surface area contributed by atoms with Crippen LogP contribution in [0.5, 0.6) is 0 Å². The molecule has 2 aromatic rings. The van der Waals surface area contributed by atoms with Crippen molar-refractivity contribution in [1.82, 2.24) is 0 Å². The molecule has 0 aromatic heterocycles. The van der Waals surface area contributed by atoms with Crippen molar-refractivity contribution in [2.24, 2.45) is 4.99 Å². The van der Waals surface area contributed by atoms with Gasteiger partial charge in [-0.1, -0.05) is 61.2 Å². The number of aliphatic hydroxyl groups is 1. The van der Waals surface area contributed by atoms with Gasteiger partial charge < -0.3 is 9.84 Å². The second-order valence-electron chi connectivity index (χ2n) is 5.36. The van der Waals surface area contributed by atoms with Crippen LogP contribution < -0.4 is 0 Å². The fraction of sp³-hybridized carbons (Fsp3) is 0.150. The molecule has 3 heteroatoms. The predicted molar refractivity (Wildman–Crippen MR) is 94.3 cm³/mol. The minimum absolute atomic E-state index is 0.0419. The van der Waals surface area contributed by atoms with E-state index in [0.29, 0.717) is 5.90 Å². The Hall–Kier alpha value is -2.65. The average molecular weight is 305 g/mol. The van der Waals surface area contributed by atoms with Gasteiger partial charge in [0.2, 0.25) is 5.90 Å². The molecule has 0 saturated carbocycles. The Morgan fingerprint density at radius 3 is 2.30 bits per heavy atom. The quantitative estimate of drug-likeness (QED) is 0.856. The first-order chi connectivity index (χ1) is 11.3. The summed E-state index contributed by atoms with van der Waals surface area (Å²) >= 11 is 0. The molecule has 2 aromatic carbocycles. The molecule has 0 amide bonds. The molecule has 0 saturated heterocycles. The van der Waals surface area contributed by atoms with Gasteiger partial charge in [0, 0.05) is 6.08 Å². The molecule has 0 fully saturated rings. The third kappa shape index (κ3) is 3.58. The Kier molecular flexibility index (Phi) is 4.69. The Morgan fingerprint density at radius 2 is 1.70 bits per heavy atom. The second kappa shape index (κ2) is 7.07. The Balaban J connectivity index is 1.70. The van der Waals surface area contributed by atoms with E-state index in [1.54, 1.807) is 6.08 Å². The van der Waals surface area contributed by atoms with E-state index in [0.717, 1.165) is 5.56 Å². The SMILES string of the molecule is C=C[C@@H]1OC(/C=C/c2ccc(-c3ccccc3)cc2)=N[C@H]1CO. The molecule has 3 rings (SSSR count). The summed E-state index contributed by atoms with van der Waals surface area (Å²) in [6.07, 6.45) is 5.19. The molecule has 1 aliphatic heterocycles. The number of nitrogens with zero attached hydrogens (tertiary/aromatic N) is 1. The van der Waals surface area contributed by atoms with Crippen molar-refractivity contribution in [1.29, 1.82) is 0 Å². The van der Waals surface area contributed by atoms with Crippen LogP contribution in [0.15, 0.2) is 78.3 Å². The summed E-state index contributed by atoms with van der Waals surface area (Å²) in [6.45, 7) is 3.66. The standard InChI is InChI=1S/C20H19NO2/c1-2-19-18(14-22)21-20(23-19)13-10-15-8-11-17(12-9-15)16-6-4-3-5-7-16/h2-13,18-19,22H,1,14H2/b13-10+/t18-,19-/m0/s1. The first-order valence-electron chi connectivity index (χ1n) is 7.61. The summed E-state index contributed by atoms with van der Waals surface area (Å²) in [4.78, 5) is 4.33. The first kappa shape index (κ1) is 15.3. The number of hydrogen-bond donors (Lipinski definition) is 1. The van der Waals surface area contributed by atoms with Gasteiger partial charge in [-0.2, -0.15) is 0 Å². The molecule has 0 radical (unpaired) electrons. The highest BCUT2D eigenvalue weighted by atomic mass is 16.5. The van der Waals surface area contributed by atoms with Crippen molar-refractivity contribution >= 4 is 12.0 Å². The highest BCUT2D eigenvalue weighted by molar-refractivity contribution is 5.93. The van der Waals surface area contributed by atoms with Gasteiger partial charge >= 0.3 is 0 Å². The van der Waals surface area contributed by atoms with Crippen molar-refractivity contribution in [2.75, 3.05) is 6.61 Å². The number of hydrogen-bond acceptors (Lipinski definition) is 3. The third-order valence-corrected chi connectivity index (χ3v) is 3.78. The molecule has 1 N–H and O–H groups in total. The molecule has 0 unspecified atom stereocenters. The molecule has 0 bridgehead atoms. The van der Waals surface area contributed by atoms with Gasteiger partial charge in [0.05, 0.1) is 6.61 Å². The third-order valence-electron chi connectivity index (χ3n) is 3.78. The lowest BCUT2D eigenvalue weighted by Gasteiger charge is -2.09. The van der Waals surface area contributed by atoms with Crippen molar-refractivity contribution in [3.05, 3.63) is 78.9 Å². The van der Waals surface area contributed by atoms with Crippen molar-refractivity contribution < 1.29 is 9.84 Å². The van der Waals surface area contributed by atoms with Crippen LogP contribution >= 0.6 is 0 Å². The van der Waals surface area contributed by atoms with E-state index in [-0.39, 0.29) is 18.8 Å². The highest BCUT2D eigenvalue weighted by Gasteiger charge is 2.26. The molecule has 1 aliphatic rings. The lowest BCUT2D eigenvalue weighted by molar-refractivity contribution is 0.185. The van der Waals surface area contributed by atoms with Gasteiger partial charge in [-0.05, 0) is 28.8 Å². The number of rotatable bonds is 5. The summed E-state index contributed by atoms with van der Waals surface area (Å²) in [7, 11) is 0. The van der Waals surface area contributed by atoms with Crippen LogP contribution in [0.3, 0.4) is 0 Å². The Morgan fingerprint density at radius 1 is 1.00 bits per heavy atom. The van der Waals surface area contributed by atoms with Gasteiger partial charge in [0.1, 0.15) is 12.1 Å². The van der Waals surface area contributed by atoms with E-state index in [4.69, 9.17) is 4.74 Å². The maximum Gasteiger partial charge on any atom is 0.209 e. The van der Waals surface area contributed by atoms with Gasteiger partial charge in [0.25, 0.3) is 0 Å². The topological polar surface area (TPSA) is 41.8 Å². The minimum Gasteiger partial charge on any atom is -0.468 e. The molecule has 3 nitrogen and oxygen atoms in total. The maximum absolute atomic E-state index is 9.25. The molecule has 0 spiro atoms. The molecule has 0 aliphatic carbocycles. The van der Waals surface area contributed by atoms with Crippen LogP contribution in [-0.4, -0.2) is 29.8 Å². The molecular formula is C20H19NO2. The van der Waals surface area contributed by atoms with Crippen LogP contribution in [0, 0.1) is 0 Å². The highest BCUT2D eigenvalue weighted by Crippen LogP contribution is 2.20. The van der Waals surface area contributed by atoms with E-state index in [9.17, 15) is 5.11 Å². The van der Waals surface area contributed by atoms with Crippen LogP contribution in [0.1, 0.15) is 5.56 Å². The van der Waals surface area contributed by atoms with Crippen LogP contribution in [0.4, 0.5) is 0 Å². The maximum atomic E-state index is 9.25. The number of aliphatic imine (C=N–C) groups is 1. The van der Waals surface area contributed by atoms with E-state index in [2.05, 4.69) is 48.0 Å². The lowest BCUT2D eigenvalue weighted by atomic mass is 10.0. The van der Waals surface area contributed by atoms with Gasteiger partial charge in [-0.3, -0.25) is 0 Å². The largest absolute Gasteiger partial charge is 0.468 e. The normalized spacial score (nSPS) is 20.3. The number of aliphatic hydroxyl groups excluding tert-OH is 1. The average Bonchev–Trinajstić information content (AvgIpc) is 3.03. The molecule has 23 heavy (non-hydrogen) atoms. The van der Waals surface area contributed by atoms with Gasteiger partial charge in [-0.15, -0.1) is 0 Å². The predicted octanol–water partition coefficient (Wildman–Crippen LogP) is 3.71. The number of benzene rings is 2. The summed E-state index contributed by atoms with van der Waals surface area (Å²) in [5.74, 6) is 0.529. The molecular weight excluding hydrogens is 286 g/mol. The van der Waals surface area contributed by atoms with Crippen LogP contribution in [0.2, 0.25) is 0 Å². The zero-order valence-electron chi connectivity index (χ0n) is 12.8. The summed E-state index contributed by atoms with van der Waals surface area (Å²) in [6, 6.07) is 18.3. The summed E-state index contributed by atoms with van der Waals surface area (Å²) in [5, 5.41) is 9.25. The van der Waals surface area contributed by atoms with E-state index >= 15 is 0 Å². The van der Waals surface area contributed by atoms with Crippen molar-refractivity contribution in [2.45, 2.75) is 12.1 Å². The second-order valence-corrected chi connectivity index (χ2v) is 5.36. The minimum atomic E-state index is -0.257. The molecule has 116 valence electrons. The van der Waals surface area contributed by atoms with Gasteiger partial charge in [-0.25, -0.2) is 4.99 Å². The van der Waals surface area contributed by atoms with E-state index in [1.807, 2.05) is 30.4 Å². The van der Waals surface area contributed by atoms with E-state index < -0.39 is 0 Å². The fourth-order valence-electron chi connectivity index (χ4n) is 2.50. The lowest BCUT2D eigenvalue weighted by Crippen LogP contribution is -2.22. The van der Waals surface area contributed by atoms with Crippen LogP contribution in [-0.2, 0) is 4.74 Å². The summed E-state index contributed by atoms with van der Waals surface area (Å²) < 4.78 is 5.61.